The average Bonchev–Trinajstić information content (AvgIpc) is 3.78. The largest absolute Gasteiger partial charge is 0.478 e. The van der Waals surface area contributed by atoms with Crippen LogP contribution in [0, 0.1) is 0 Å². The standard InChI is InChI=1S/C21H17N3O3.C19H13N3O3/c1-2-27-21(26)15-8-6-7-14(11-15)17-12-24(16-9-4-3-5-10-16)19-18(17)22-13-23-20(19)25;23-18-17-16(20-11-21-18)15(10-22(17)14-7-2-1-3-8-14)12-5-4-6-13(9-12)19(24)25/h3-13H,2H2,1H3,(H,22,23,25);1-11H,(H,24,25)(H,20,21,23). The van der Waals surface area contributed by atoms with Crippen molar-refractivity contribution in [2.24, 2.45) is 0 Å². The molecule has 4 aromatic heterocycles. The minimum atomic E-state index is -1.00. The van der Waals surface area contributed by atoms with Crippen LogP contribution >= 0.6 is 0 Å². The molecular weight excluding hydrogens is 660 g/mol. The molecule has 0 fully saturated rings. The second kappa shape index (κ2) is 14.3. The third-order valence-electron chi connectivity index (χ3n) is 8.34. The Kier molecular flexibility index (Phi) is 9.09. The van der Waals surface area contributed by atoms with E-state index in [0.29, 0.717) is 45.4 Å². The van der Waals surface area contributed by atoms with Crippen molar-refractivity contribution in [3.8, 4) is 33.6 Å². The molecule has 0 aliphatic heterocycles. The van der Waals surface area contributed by atoms with Crippen LogP contribution in [-0.2, 0) is 4.74 Å². The van der Waals surface area contributed by atoms with Crippen LogP contribution in [0.1, 0.15) is 27.6 Å². The summed E-state index contributed by atoms with van der Waals surface area (Å²) in [6.45, 7) is 2.08. The maximum Gasteiger partial charge on any atom is 0.338 e. The molecule has 0 aliphatic rings. The van der Waals surface area contributed by atoms with E-state index in [1.165, 1.54) is 18.7 Å². The third-order valence-corrected chi connectivity index (χ3v) is 8.34. The van der Waals surface area contributed by atoms with Gasteiger partial charge in [-0.2, -0.15) is 0 Å². The zero-order chi connectivity index (χ0) is 36.2. The smallest absolute Gasteiger partial charge is 0.338 e. The number of carbonyl (C=O) groups excluding carboxylic acids is 1. The maximum absolute atomic E-state index is 12.5. The molecule has 0 saturated heterocycles. The second-order valence-electron chi connectivity index (χ2n) is 11.5. The number of hydrogen-bond donors (Lipinski definition) is 3. The van der Waals surface area contributed by atoms with Crippen LogP contribution in [0.2, 0.25) is 0 Å². The predicted molar refractivity (Wildman–Crippen MR) is 197 cm³/mol. The molecule has 12 nitrogen and oxygen atoms in total. The van der Waals surface area contributed by atoms with Gasteiger partial charge in [-0.05, 0) is 66.6 Å². The first kappa shape index (κ1) is 33.2. The van der Waals surface area contributed by atoms with Gasteiger partial charge >= 0.3 is 11.9 Å². The molecule has 0 aliphatic carbocycles. The van der Waals surface area contributed by atoms with Crippen LogP contribution in [0.5, 0.6) is 0 Å². The first-order chi connectivity index (χ1) is 25.3. The molecular formula is C40H30N6O6. The molecule has 0 unspecified atom stereocenters. The summed E-state index contributed by atoms with van der Waals surface area (Å²) in [5.74, 6) is -1.38. The van der Waals surface area contributed by atoms with Crippen LogP contribution in [0.4, 0.5) is 0 Å². The summed E-state index contributed by atoms with van der Waals surface area (Å²) in [4.78, 5) is 62.1. The molecule has 0 amide bonds. The summed E-state index contributed by atoms with van der Waals surface area (Å²) < 4.78 is 8.67. The molecule has 0 radical (unpaired) electrons. The van der Waals surface area contributed by atoms with Crippen LogP contribution in [-0.4, -0.2) is 52.7 Å². The number of H-pyrrole nitrogens is 2. The fourth-order valence-corrected chi connectivity index (χ4v) is 5.99. The van der Waals surface area contributed by atoms with E-state index >= 15 is 0 Å². The molecule has 0 bridgehead atoms. The first-order valence-electron chi connectivity index (χ1n) is 16.2. The number of ether oxygens (including phenoxy) is 1. The topological polar surface area (TPSA) is 165 Å². The molecule has 12 heteroatoms. The van der Waals surface area contributed by atoms with E-state index in [2.05, 4.69) is 19.9 Å². The molecule has 8 aromatic rings. The van der Waals surface area contributed by atoms with Crippen LogP contribution in [0.25, 0.3) is 55.7 Å². The van der Waals surface area contributed by atoms with Crippen LogP contribution in [0.3, 0.4) is 0 Å². The van der Waals surface area contributed by atoms with Crippen molar-refractivity contribution in [2.45, 2.75) is 6.92 Å². The minimum absolute atomic E-state index is 0.183. The highest BCUT2D eigenvalue weighted by atomic mass is 16.5. The number of carboxylic acid groups (broad SMARTS) is 1. The number of hydrogen-bond acceptors (Lipinski definition) is 7. The molecule has 256 valence electrons. The molecule has 52 heavy (non-hydrogen) atoms. The summed E-state index contributed by atoms with van der Waals surface area (Å²) in [7, 11) is 0. The lowest BCUT2D eigenvalue weighted by Gasteiger charge is -2.04. The number of para-hydroxylation sites is 2. The molecule has 0 atom stereocenters. The molecule has 0 saturated carbocycles. The Morgan fingerprint density at radius 3 is 1.58 bits per heavy atom. The van der Waals surface area contributed by atoms with Gasteiger partial charge in [0.15, 0.2) is 0 Å². The number of esters is 1. The van der Waals surface area contributed by atoms with Crippen molar-refractivity contribution in [3.05, 3.63) is 166 Å². The summed E-state index contributed by atoms with van der Waals surface area (Å²) in [5.41, 5.74) is 6.77. The summed E-state index contributed by atoms with van der Waals surface area (Å²) >= 11 is 0. The fourth-order valence-electron chi connectivity index (χ4n) is 5.99. The van der Waals surface area contributed by atoms with E-state index < -0.39 is 5.97 Å². The molecule has 0 spiro atoms. The van der Waals surface area contributed by atoms with Gasteiger partial charge in [-0.3, -0.25) is 9.59 Å². The number of carboxylic acids is 1. The number of aromatic nitrogens is 6. The highest BCUT2D eigenvalue weighted by Gasteiger charge is 2.18. The Morgan fingerprint density at radius 2 is 1.12 bits per heavy atom. The fraction of sp³-hybridized carbons (Fsp3) is 0.0500. The first-order valence-corrected chi connectivity index (χ1v) is 16.2. The number of nitrogens with zero attached hydrogens (tertiary/aromatic N) is 4. The lowest BCUT2D eigenvalue weighted by atomic mass is 10.0. The SMILES string of the molecule is CCOC(=O)c1cccc(-c2cn(-c3ccccc3)c3c(=O)[nH]cnc23)c1.O=C(O)c1cccc(-c2cn(-c3ccccc3)c3c(=O)[nH]cnc23)c1. The number of rotatable bonds is 7. The Hall–Kier alpha value is -7.34. The highest BCUT2D eigenvalue weighted by molar-refractivity contribution is 5.97. The molecule has 4 aromatic carbocycles. The lowest BCUT2D eigenvalue weighted by Crippen LogP contribution is -2.09. The van der Waals surface area contributed by atoms with Gasteiger partial charge in [0.2, 0.25) is 0 Å². The van der Waals surface area contributed by atoms with Gasteiger partial charge in [0.25, 0.3) is 11.1 Å². The molecule has 3 N–H and O–H groups in total. The predicted octanol–water partition coefficient (Wildman–Crippen LogP) is 6.64. The number of benzene rings is 4. The number of nitrogens with one attached hydrogen (secondary N) is 2. The summed E-state index contributed by atoms with van der Waals surface area (Å²) in [6.07, 6.45) is 6.42. The lowest BCUT2D eigenvalue weighted by molar-refractivity contribution is 0.0526. The number of aromatic carboxylic acids is 1. The number of aromatic amines is 2. The Bertz CT molecular complexity index is 2690. The van der Waals surface area contributed by atoms with Crippen molar-refractivity contribution in [2.75, 3.05) is 6.61 Å². The van der Waals surface area contributed by atoms with Gasteiger partial charge in [0.1, 0.15) is 22.1 Å². The third kappa shape index (κ3) is 6.39. The monoisotopic (exact) mass is 690 g/mol. The number of fused-ring (bicyclic) bond motifs is 2. The van der Waals surface area contributed by atoms with Gasteiger partial charge in [-0.25, -0.2) is 19.6 Å². The zero-order valence-electron chi connectivity index (χ0n) is 27.7. The van der Waals surface area contributed by atoms with Crippen molar-refractivity contribution in [3.63, 3.8) is 0 Å². The van der Waals surface area contributed by atoms with E-state index in [0.717, 1.165) is 22.5 Å². The average molecular weight is 691 g/mol. The van der Waals surface area contributed by atoms with Crippen LogP contribution in [0.15, 0.2) is 144 Å². The Balaban J connectivity index is 0.000000162. The molecule has 8 rings (SSSR count). The Labute approximate surface area is 295 Å². The van der Waals surface area contributed by atoms with E-state index in [4.69, 9.17) is 4.74 Å². The van der Waals surface area contributed by atoms with Gasteiger partial charge in [-0.15, -0.1) is 0 Å². The van der Waals surface area contributed by atoms with Crippen molar-refractivity contribution in [1.29, 1.82) is 0 Å². The van der Waals surface area contributed by atoms with Crippen molar-refractivity contribution < 1.29 is 19.4 Å². The maximum atomic E-state index is 12.5. The normalized spacial score (nSPS) is 10.9. The quantitative estimate of drug-likeness (QED) is 0.157. The Morgan fingerprint density at radius 1 is 0.654 bits per heavy atom. The van der Waals surface area contributed by atoms with Gasteiger partial charge in [0.05, 0.1) is 30.4 Å². The molecule has 4 heterocycles. The summed E-state index contributed by atoms with van der Waals surface area (Å²) in [6, 6.07) is 32.8. The van der Waals surface area contributed by atoms with Gasteiger partial charge < -0.3 is 28.9 Å². The van der Waals surface area contributed by atoms with Crippen LogP contribution < -0.4 is 11.1 Å². The van der Waals surface area contributed by atoms with Crippen molar-refractivity contribution in [1.82, 2.24) is 29.1 Å². The van der Waals surface area contributed by atoms with E-state index in [-0.39, 0.29) is 22.7 Å². The number of carbonyl (C=O) groups is 2. The van der Waals surface area contributed by atoms with E-state index in [1.54, 1.807) is 47.9 Å². The second-order valence-corrected chi connectivity index (χ2v) is 11.5. The van der Waals surface area contributed by atoms with E-state index in [9.17, 15) is 24.3 Å². The highest BCUT2D eigenvalue weighted by Crippen LogP contribution is 2.31. The van der Waals surface area contributed by atoms with Crippen molar-refractivity contribution >= 4 is 34.0 Å². The van der Waals surface area contributed by atoms with Gasteiger partial charge in [0, 0.05) is 34.9 Å². The summed E-state index contributed by atoms with van der Waals surface area (Å²) in [5, 5.41) is 9.22. The van der Waals surface area contributed by atoms with Gasteiger partial charge in [-0.1, -0.05) is 60.7 Å². The zero-order valence-corrected chi connectivity index (χ0v) is 27.7. The minimum Gasteiger partial charge on any atom is -0.478 e. The van der Waals surface area contributed by atoms with E-state index in [1.807, 2.05) is 83.7 Å².